The Morgan fingerprint density at radius 2 is 2.11 bits per heavy atom. The summed E-state index contributed by atoms with van der Waals surface area (Å²) in [5.74, 6) is 0.331. The van der Waals surface area contributed by atoms with Crippen LogP contribution < -0.4 is 4.74 Å². The summed E-state index contributed by atoms with van der Waals surface area (Å²) >= 11 is 0. The van der Waals surface area contributed by atoms with Crippen LogP contribution in [0.2, 0.25) is 0 Å². The molecule has 0 radical (unpaired) electrons. The molecule has 19 heavy (non-hydrogen) atoms. The fourth-order valence-electron chi connectivity index (χ4n) is 2.87. The molecule has 3 rings (SSSR count). The number of para-hydroxylation sites is 1. The van der Waals surface area contributed by atoms with Crippen molar-refractivity contribution < 1.29 is 19.0 Å². The molecule has 2 fully saturated rings. The maximum absolute atomic E-state index is 13.9. The van der Waals surface area contributed by atoms with E-state index in [1.165, 1.54) is 11.8 Å². The van der Waals surface area contributed by atoms with Gasteiger partial charge in [0.15, 0.2) is 6.10 Å². The molecular weight excluding hydrogens is 249 g/mol. The normalized spacial score (nSPS) is 37.5. The molecule has 2 aliphatic heterocycles. The van der Waals surface area contributed by atoms with Crippen molar-refractivity contribution in [3.05, 3.63) is 30.3 Å². The van der Waals surface area contributed by atoms with Gasteiger partial charge >= 0.3 is 0 Å². The lowest BCUT2D eigenvalue weighted by Crippen LogP contribution is -2.75. The molecule has 4 nitrogen and oxygen atoms in total. The van der Waals surface area contributed by atoms with Crippen LogP contribution in [0.4, 0.5) is 4.39 Å². The van der Waals surface area contributed by atoms with Crippen LogP contribution in [0, 0.1) is 0 Å². The highest BCUT2D eigenvalue weighted by Gasteiger charge is 2.58. The minimum Gasteiger partial charge on any atom is -0.478 e. The van der Waals surface area contributed by atoms with Crippen molar-refractivity contribution in [1.82, 2.24) is 4.90 Å². The Hall–Kier alpha value is -1.62. The van der Waals surface area contributed by atoms with Gasteiger partial charge < -0.3 is 14.7 Å². The van der Waals surface area contributed by atoms with E-state index in [4.69, 9.17) is 4.74 Å². The number of alkyl halides is 1. The second-order valence-corrected chi connectivity index (χ2v) is 5.49. The number of amides is 1. The van der Waals surface area contributed by atoms with E-state index in [-0.39, 0.29) is 18.9 Å². The second kappa shape index (κ2) is 4.20. The lowest BCUT2D eigenvalue weighted by molar-refractivity contribution is -0.190. The summed E-state index contributed by atoms with van der Waals surface area (Å²) in [4.78, 5) is 13.3. The van der Waals surface area contributed by atoms with E-state index in [2.05, 4.69) is 0 Å². The minimum atomic E-state index is -1.52. The smallest absolute Gasteiger partial charge is 0.266 e. The van der Waals surface area contributed by atoms with Crippen LogP contribution in [0.5, 0.6) is 5.75 Å². The number of benzene rings is 1. The molecule has 2 saturated heterocycles. The minimum absolute atomic E-state index is 0.0300. The Labute approximate surface area is 110 Å². The standard InChI is InChI=1S/C14H16FNO3/c1-14(15)7-10(17)11-12(13(18)16(11)8-14)19-9-5-3-2-4-6-9/h2-6,10-12,17H,7-8H2,1H3/t10-,11-,12+,14+/m0/s1. The molecule has 1 aromatic carbocycles. The van der Waals surface area contributed by atoms with Gasteiger partial charge in [0.1, 0.15) is 17.5 Å². The van der Waals surface area contributed by atoms with E-state index < -0.39 is 23.9 Å². The summed E-state index contributed by atoms with van der Waals surface area (Å²) in [6.07, 6.45) is -1.54. The van der Waals surface area contributed by atoms with Crippen LogP contribution in [-0.2, 0) is 4.79 Å². The molecule has 1 N–H and O–H groups in total. The second-order valence-electron chi connectivity index (χ2n) is 5.49. The predicted octanol–water partition coefficient (Wildman–Crippen LogP) is 1.14. The fraction of sp³-hybridized carbons (Fsp3) is 0.500. The number of halogens is 1. The molecule has 0 bridgehead atoms. The van der Waals surface area contributed by atoms with Crippen molar-refractivity contribution in [1.29, 1.82) is 0 Å². The third-order valence-corrected chi connectivity index (χ3v) is 3.73. The van der Waals surface area contributed by atoms with Crippen molar-refractivity contribution in [2.75, 3.05) is 6.54 Å². The number of rotatable bonds is 2. The summed E-state index contributed by atoms with van der Waals surface area (Å²) < 4.78 is 19.5. The molecule has 1 aromatic rings. The highest BCUT2D eigenvalue weighted by Crippen LogP contribution is 2.38. The Morgan fingerprint density at radius 1 is 1.42 bits per heavy atom. The van der Waals surface area contributed by atoms with Gasteiger partial charge in [-0.15, -0.1) is 0 Å². The zero-order valence-corrected chi connectivity index (χ0v) is 10.6. The van der Waals surface area contributed by atoms with Gasteiger partial charge in [0.05, 0.1) is 12.6 Å². The van der Waals surface area contributed by atoms with E-state index >= 15 is 0 Å². The number of ether oxygens (including phenoxy) is 1. The van der Waals surface area contributed by atoms with Gasteiger partial charge in [-0.25, -0.2) is 4.39 Å². The molecule has 0 aromatic heterocycles. The maximum atomic E-state index is 13.9. The number of aliphatic hydroxyl groups excluding tert-OH is 1. The molecule has 0 aliphatic carbocycles. The Balaban J connectivity index is 1.75. The Morgan fingerprint density at radius 3 is 2.79 bits per heavy atom. The van der Waals surface area contributed by atoms with Gasteiger partial charge in [-0.05, 0) is 19.1 Å². The molecule has 0 saturated carbocycles. The zero-order chi connectivity index (χ0) is 13.6. The van der Waals surface area contributed by atoms with Crippen molar-refractivity contribution in [2.24, 2.45) is 0 Å². The first kappa shape index (κ1) is 12.4. The van der Waals surface area contributed by atoms with Gasteiger partial charge in [0.2, 0.25) is 0 Å². The summed E-state index contributed by atoms with van der Waals surface area (Å²) in [5.41, 5.74) is -1.52. The lowest BCUT2D eigenvalue weighted by atomic mass is 9.80. The zero-order valence-electron chi connectivity index (χ0n) is 10.6. The fourth-order valence-corrected chi connectivity index (χ4v) is 2.87. The molecular formula is C14H16FNO3. The first-order valence-corrected chi connectivity index (χ1v) is 6.37. The maximum Gasteiger partial charge on any atom is 0.266 e. The number of aliphatic hydroxyl groups is 1. The van der Waals surface area contributed by atoms with Crippen LogP contribution in [0.25, 0.3) is 0 Å². The van der Waals surface area contributed by atoms with E-state index in [1.54, 1.807) is 12.1 Å². The number of carbonyl (C=O) groups excluding carboxylic acids is 1. The van der Waals surface area contributed by atoms with E-state index in [1.807, 2.05) is 18.2 Å². The first-order valence-electron chi connectivity index (χ1n) is 6.37. The average molecular weight is 265 g/mol. The molecule has 5 heteroatoms. The lowest BCUT2D eigenvalue weighted by Gasteiger charge is -2.54. The van der Waals surface area contributed by atoms with Gasteiger partial charge in [-0.2, -0.15) is 0 Å². The van der Waals surface area contributed by atoms with Crippen molar-refractivity contribution in [2.45, 2.75) is 37.3 Å². The predicted molar refractivity (Wildman–Crippen MR) is 66.5 cm³/mol. The summed E-state index contributed by atoms with van der Waals surface area (Å²) in [5, 5.41) is 9.99. The Bertz CT molecular complexity index is 491. The summed E-state index contributed by atoms with van der Waals surface area (Å²) in [7, 11) is 0. The third kappa shape index (κ3) is 2.08. The number of fused-ring (bicyclic) bond motifs is 1. The van der Waals surface area contributed by atoms with Crippen LogP contribution in [0.1, 0.15) is 13.3 Å². The van der Waals surface area contributed by atoms with Crippen molar-refractivity contribution in [3.63, 3.8) is 0 Å². The number of piperidine rings is 1. The van der Waals surface area contributed by atoms with Gasteiger partial charge in [0.25, 0.3) is 5.91 Å². The van der Waals surface area contributed by atoms with Crippen molar-refractivity contribution in [3.8, 4) is 5.75 Å². The molecule has 1 amide bonds. The van der Waals surface area contributed by atoms with Crippen LogP contribution >= 0.6 is 0 Å². The van der Waals surface area contributed by atoms with Crippen LogP contribution in [0.15, 0.2) is 30.3 Å². The molecule has 0 spiro atoms. The monoisotopic (exact) mass is 265 g/mol. The quantitative estimate of drug-likeness (QED) is 0.816. The third-order valence-electron chi connectivity index (χ3n) is 3.73. The molecule has 4 atom stereocenters. The average Bonchev–Trinajstić information content (AvgIpc) is 2.36. The van der Waals surface area contributed by atoms with Gasteiger partial charge in [0, 0.05) is 6.42 Å². The molecule has 0 unspecified atom stereocenters. The van der Waals surface area contributed by atoms with Crippen LogP contribution in [0.3, 0.4) is 0 Å². The largest absolute Gasteiger partial charge is 0.478 e. The van der Waals surface area contributed by atoms with Gasteiger partial charge in [-0.1, -0.05) is 18.2 Å². The highest BCUT2D eigenvalue weighted by atomic mass is 19.1. The number of nitrogens with zero attached hydrogens (tertiary/aromatic N) is 1. The molecule has 102 valence electrons. The van der Waals surface area contributed by atoms with E-state index in [0.29, 0.717) is 5.75 Å². The number of hydrogen-bond acceptors (Lipinski definition) is 3. The number of carbonyl (C=O) groups is 1. The van der Waals surface area contributed by atoms with E-state index in [9.17, 15) is 14.3 Å². The molecule has 2 heterocycles. The van der Waals surface area contributed by atoms with Gasteiger partial charge in [-0.3, -0.25) is 4.79 Å². The topological polar surface area (TPSA) is 49.8 Å². The summed E-state index contributed by atoms with van der Waals surface area (Å²) in [6, 6.07) is 8.55. The SMILES string of the molecule is C[C@@]1(F)C[C@H](O)[C@H]2[C@@H](Oc3ccccc3)C(=O)N2C1. The van der Waals surface area contributed by atoms with E-state index in [0.717, 1.165) is 0 Å². The number of hydrogen-bond donors (Lipinski definition) is 1. The Kier molecular flexibility index (Phi) is 2.74. The van der Waals surface area contributed by atoms with Crippen LogP contribution in [-0.4, -0.2) is 46.4 Å². The highest BCUT2D eigenvalue weighted by molar-refractivity contribution is 5.89. The summed E-state index contributed by atoms with van der Waals surface area (Å²) in [6.45, 7) is 1.44. The number of β-lactam (4-membered cyclic amide) rings is 1. The van der Waals surface area contributed by atoms with Crippen molar-refractivity contribution >= 4 is 5.91 Å². The first-order chi connectivity index (χ1) is 8.98. The molecule has 2 aliphatic rings.